The molecule has 1 atom stereocenters. The van der Waals surface area contributed by atoms with Crippen molar-refractivity contribution in [2.75, 3.05) is 32.8 Å². The molecule has 7 nitrogen and oxygen atoms in total. The Balaban J connectivity index is 1.60. The number of amides is 1. The number of nitrogens with one attached hydrogen (secondary N) is 1. The van der Waals surface area contributed by atoms with Gasteiger partial charge in [0, 0.05) is 25.7 Å². The zero-order valence-corrected chi connectivity index (χ0v) is 15.5. The van der Waals surface area contributed by atoms with E-state index >= 15 is 0 Å². The van der Waals surface area contributed by atoms with Crippen LogP contribution in [0.25, 0.3) is 5.69 Å². The van der Waals surface area contributed by atoms with Gasteiger partial charge in [-0.15, -0.1) is 5.10 Å². The van der Waals surface area contributed by atoms with Crippen LogP contribution in [-0.4, -0.2) is 64.7 Å². The van der Waals surface area contributed by atoms with Crippen molar-refractivity contribution in [1.82, 2.24) is 25.2 Å². The summed E-state index contributed by atoms with van der Waals surface area (Å²) in [6.07, 6.45) is 2.55. The standard InChI is InChI=1S/C19H27N5O2/c1-15(2)12-17(23-8-10-26-11-9-23)13-20-19(25)18-14-21-24(22-18)16-6-4-3-5-7-16/h3-7,14-15,17H,8-13H2,1-2H3,(H,20,25). The van der Waals surface area contributed by atoms with Crippen LogP contribution in [-0.2, 0) is 4.74 Å². The summed E-state index contributed by atoms with van der Waals surface area (Å²) in [7, 11) is 0. The molecule has 0 saturated carbocycles. The SMILES string of the molecule is CC(C)CC(CNC(=O)c1cnn(-c2ccccc2)n1)N1CCOCC1. The molecule has 1 aliphatic heterocycles. The Morgan fingerprint density at radius 3 is 2.65 bits per heavy atom. The lowest BCUT2D eigenvalue weighted by atomic mass is 10.0. The molecule has 2 aromatic rings. The minimum atomic E-state index is -0.186. The van der Waals surface area contributed by atoms with E-state index in [1.165, 1.54) is 11.0 Å². The first-order valence-electron chi connectivity index (χ1n) is 9.21. The summed E-state index contributed by atoms with van der Waals surface area (Å²) in [6, 6.07) is 9.87. The van der Waals surface area contributed by atoms with Crippen LogP contribution in [0.15, 0.2) is 36.5 Å². The third kappa shape index (κ3) is 4.89. The quantitative estimate of drug-likeness (QED) is 0.817. The van der Waals surface area contributed by atoms with E-state index in [1.54, 1.807) is 0 Å². The molecule has 1 fully saturated rings. The molecule has 7 heteroatoms. The van der Waals surface area contributed by atoms with Gasteiger partial charge in [-0.1, -0.05) is 32.0 Å². The third-order valence-corrected chi connectivity index (χ3v) is 4.52. The van der Waals surface area contributed by atoms with Crippen molar-refractivity contribution in [1.29, 1.82) is 0 Å². The molecule has 2 heterocycles. The van der Waals surface area contributed by atoms with Crippen LogP contribution in [0.5, 0.6) is 0 Å². The van der Waals surface area contributed by atoms with Crippen molar-refractivity contribution < 1.29 is 9.53 Å². The zero-order valence-electron chi connectivity index (χ0n) is 15.5. The number of nitrogens with zero attached hydrogens (tertiary/aromatic N) is 4. The van der Waals surface area contributed by atoms with Gasteiger partial charge in [-0.3, -0.25) is 9.69 Å². The summed E-state index contributed by atoms with van der Waals surface area (Å²) >= 11 is 0. The maximum atomic E-state index is 12.5. The first-order valence-corrected chi connectivity index (χ1v) is 9.21. The second-order valence-corrected chi connectivity index (χ2v) is 7.00. The second kappa shape index (κ2) is 8.91. The normalized spacial score (nSPS) is 16.6. The van der Waals surface area contributed by atoms with Gasteiger partial charge in [-0.25, -0.2) is 0 Å². The van der Waals surface area contributed by atoms with E-state index in [0.717, 1.165) is 38.4 Å². The van der Waals surface area contributed by atoms with Crippen molar-refractivity contribution in [3.63, 3.8) is 0 Å². The highest BCUT2D eigenvalue weighted by atomic mass is 16.5. The topological polar surface area (TPSA) is 72.3 Å². The van der Waals surface area contributed by atoms with E-state index < -0.39 is 0 Å². The number of carbonyl (C=O) groups is 1. The molecular weight excluding hydrogens is 330 g/mol. The smallest absolute Gasteiger partial charge is 0.273 e. The molecule has 0 radical (unpaired) electrons. The van der Waals surface area contributed by atoms with Crippen molar-refractivity contribution in [3.8, 4) is 5.69 Å². The molecule has 0 bridgehead atoms. The number of aromatic nitrogens is 3. The number of carbonyl (C=O) groups excluding carboxylic acids is 1. The summed E-state index contributed by atoms with van der Waals surface area (Å²) in [6.45, 7) is 8.37. The van der Waals surface area contributed by atoms with Gasteiger partial charge in [-0.05, 0) is 24.5 Å². The van der Waals surface area contributed by atoms with Crippen LogP contribution in [0.4, 0.5) is 0 Å². The Morgan fingerprint density at radius 2 is 1.96 bits per heavy atom. The van der Waals surface area contributed by atoms with Gasteiger partial charge in [0.2, 0.25) is 0 Å². The summed E-state index contributed by atoms with van der Waals surface area (Å²) in [5.74, 6) is 0.382. The maximum Gasteiger partial charge on any atom is 0.273 e. The predicted octanol–water partition coefficient (Wildman–Crippen LogP) is 1.74. The van der Waals surface area contributed by atoms with Gasteiger partial charge >= 0.3 is 0 Å². The number of morpholine rings is 1. The van der Waals surface area contributed by atoms with Crippen molar-refractivity contribution >= 4 is 5.91 Å². The van der Waals surface area contributed by atoms with Crippen LogP contribution in [0.3, 0.4) is 0 Å². The van der Waals surface area contributed by atoms with Gasteiger partial charge < -0.3 is 10.1 Å². The van der Waals surface area contributed by atoms with Gasteiger partial charge in [0.25, 0.3) is 5.91 Å². The summed E-state index contributed by atoms with van der Waals surface area (Å²) in [5, 5.41) is 11.5. The maximum absolute atomic E-state index is 12.5. The Bertz CT molecular complexity index is 695. The zero-order chi connectivity index (χ0) is 18.4. The van der Waals surface area contributed by atoms with E-state index in [1.807, 2.05) is 30.3 Å². The Hall–Kier alpha value is -2.25. The minimum Gasteiger partial charge on any atom is -0.379 e. The molecule has 1 aromatic carbocycles. The van der Waals surface area contributed by atoms with Crippen LogP contribution < -0.4 is 5.32 Å². The van der Waals surface area contributed by atoms with Crippen LogP contribution in [0, 0.1) is 5.92 Å². The average Bonchev–Trinajstić information content (AvgIpc) is 3.16. The predicted molar refractivity (Wildman–Crippen MR) is 99.3 cm³/mol. The van der Waals surface area contributed by atoms with Gasteiger partial charge in [0.15, 0.2) is 5.69 Å². The highest BCUT2D eigenvalue weighted by Gasteiger charge is 2.23. The fourth-order valence-electron chi connectivity index (χ4n) is 3.20. The average molecular weight is 357 g/mol. The van der Waals surface area contributed by atoms with Crippen molar-refractivity contribution in [2.24, 2.45) is 5.92 Å². The Morgan fingerprint density at radius 1 is 1.23 bits per heavy atom. The molecule has 26 heavy (non-hydrogen) atoms. The lowest BCUT2D eigenvalue weighted by Crippen LogP contribution is -2.49. The first-order chi connectivity index (χ1) is 12.6. The Labute approximate surface area is 154 Å². The number of hydrogen-bond acceptors (Lipinski definition) is 5. The number of ether oxygens (including phenoxy) is 1. The highest BCUT2D eigenvalue weighted by molar-refractivity contribution is 5.91. The monoisotopic (exact) mass is 357 g/mol. The molecule has 3 rings (SSSR count). The fourth-order valence-corrected chi connectivity index (χ4v) is 3.20. The van der Waals surface area contributed by atoms with E-state index in [9.17, 15) is 4.79 Å². The largest absolute Gasteiger partial charge is 0.379 e. The molecule has 1 aliphatic rings. The van der Waals surface area contributed by atoms with E-state index in [2.05, 4.69) is 34.3 Å². The number of hydrogen-bond donors (Lipinski definition) is 1. The molecular formula is C19H27N5O2. The molecule has 1 aromatic heterocycles. The van der Waals surface area contributed by atoms with E-state index in [-0.39, 0.29) is 5.91 Å². The molecule has 1 saturated heterocycles. The fraction of sp³-hybridized carbons (Fsp3) is 0.526. The van der Waals surface area contributed by atoms with Gasteiger partial charge in [-0.2, -0.15) is 9.90 Å². The molecule has 140 valence electrons. The summed E-state index contributed by atoms with van der Waals surface area (Å²) in [5.41, 5.74) is 1.16. The first kappa shape index (κ1) is 18.5. The van der Waals surface area contributed by atoms with E-state index in [4.69, 9.17) is 4.74 Å². The van der Waals surface area contributed by atoms with Gasteiger partial charge in [0.05, 0.1) is 25.1 Å². The number of benzene rings is 1. The third-order valence-electron chi connectivity index (χ3n) is 4.52. The van der Waals surface area contributed by atoms with Crippen LogP contribution in [0.2, 0.25) is 0 Å². The molecule has 0 spiro atoms. The molecule has 1 amide bonds. The van der Waals surface area contributed by atoms with Crippen LogP contribution in [0.1, 0.15) is 30.8 Å². The van der Waals surface area contributed by atoms with Crippen LogP contribution >= 0.6 is 0 Å². The minimum absolute atomic E-state index is 0.186. The lowest BCUT2D eigenvalue weighted by molar-refractivity contribution is 0.0124. The molecule has 0 aliphatic carbocycles. The van der Waals surface area contributed by atoms with E-state index in [0.29, 0.717) is 24.2 Å². The number of rotatable bonds is 7. The number of para-hydroxylation sites is 1. The van der Waals surface area contributed by atoms with Gasteiger partial charge in [0.1, 0.15) is 0 Å². The lowest BCUT2D eigenvalue weighted by Gasteiger charge is -2.35. The summed E-state index contributed by atoms with van der Waals surface area (Å²) in [4.78, 5) is 16.4. The second-order valence-electron chi connectivity index (χ2n) is 7.00. The van der Waals surface area contributed by atoms with Crippen molar-refractivity contribution in [2.45, 2.75) is 26.3 Å². The highest BCUT2D eigenvalue weighted by Crippen LogP contribution is 2.13. The van der Waals surface area contributed by atoms with Crippen molar-refractivity contribution in [3.05, 3.63) is 42.2 Å². The molecule has 1 unspecified atom stereocenters. The molecule has 1 N–H and O–H groups in total. The summed E-state index contributed by atoms with van der Waals surface area (Å²) < 4.78 is 5.44. The Kier molecular flexibility index (Phi) is 6.35.